The first kappa shape index (κ1) is 28.4. The number of carbonyl (C=O) groups is 1. The summed E-state index contributed by atoms with van der Waals surface area (Å²) >= 11 is 0. The second kappa shape index (κ2) is 11.5. The van der Waals surface area contributed by atoms with Gasteiger partial charge in [0.2, 0.25) is 6.79 Å². The zero-order valence-corrected chi connectivity index (χ0v) is 22.5. The fraction of sp³-hybridized carbons (Fsp3) is 0.727. The van der Waals surface area contributed by atoms with Crippen LogP contribution in [0.1, 0.15) is 48.0 Å². The van der Waals surface area contributed by atoms with Crippen LogP contribution < -0.4 is 5.73 Å². The van der Waals surface area contributed by atoms with Gasteiger partial charge in [0.1, 0.15) is 24.3 Å². The molecule has 0 aliphatic carbocycles. The van der Waals surface area contributed by atoms with Crippen LogP contribution in [-0.2, 0) is 43.9 Å². The summed E-state index contributed by atoms with van der Waals surface area (Å²) in [4.78, 5) is 24.3. The van der Waals surface area contributed by atoms with Gasteiger partial charge in [-0.2, -0.15) is 0 Å². The Hall–Kier alpha value is -2.15. The average molecular weight is 530 g/mol. The summed E-state index contributed by atoms with van der Waals surface area (Å²) < 4.78 is 47.4. The van der Waals surface area contributed by atoms with E-state index in [1.54, 1.807) is 27.1 Å². The molecule has 3 unspecified atom stereocenters. The van der Waals surface area contributed by atoms with E-state index in [0.717, 1.165) is 0 Å². The molecular weight excluding hydrogens is 493 g/mol. The Morgan fingerprint density at radius 3 is 2.53 bits per heavy atom. The molecule has 3 heterocycles. The molecule has 1 aliphatic rings. The SMILES string of the molecule is CC(C)(C)C(=O)OCOP(=O)(COCCCn1cnc2c(N)ncnc21)OCOC1OC1C(C)(C)C. The molecule has 2 N–H and O–H groups in total. The predicted molar refractivity (Wildman–Crippen MR) is 129 cm³/mol. The van der Waals surface area contributed by atoms with Crippen LogP contribution in [-0.4, -0.2) is 64.4 Å². The van der Waals surface area contributed by atoms with E-state index in [4.69, 9.17) is 33.7 Å². The number of esters is 1. The maximum atomic E-state index is 13.2. The maximum Gasteiger partial charge on any atom is 0.361 e. The van der Waals surface area contributed by atoms with Crippen molar-refractivity contribution < 1.29 is 37.4 Å². The first-order valence-corrected chi connectivity index (χ1v) is 13.3. The Labute approximate surface area is 210 Å². The number of ether oxygens (including phenoxy) is 4. The summed E-state index contributed by atoms with van der Waals surface area (Å²) in [5, 5.41) is 0. The Morgan fingerprint density at radius 2 is 1.86 bits per heavy atom. The second-order valence-corrected chi connectivity index (χ2v) is 12.5. The first-order valence-electron chi connectivity index (χ1n) is 11.6. The van der Waals surface area contributed by atoms with E-state index < -0.39 is 32.1 Å². The number of aryl methyl sites for hydroxylation is 1. The highest BCUT2D eigenvalue weighted by molar-refractivity contribution is 7.53. The lowest BCUT2D eigenvalue weighted by atomic mass is 9.92. The number of imidazole rings is 1. The van der Waals surface area contributed by atoms with Crippen LogP contribution >= 0.6 is 7.60 Å². The molecule has 0 radical (unpaired) electrons. The van der Waals surface area contributed by atoms with Crippen molar-refractivity contribution in [2.75, 3.05) is 32.3 Å². The molecule has 3 rings (SSSR count). The van der Waals surface area contributed by atoms with Crippen LogP contribution in [0.15, 0.2) is 12.7 Å². The van der Waals surface area contributed by atoms with Crippen molar-refractivity contribution in [3.63, 3.8) is 0 Å². The van der Waals surface area contributed by atoms with Crippen molar-refractivity contribution in [2.45, 2.75) is 66.9 Å². The highest BCUT2D eigenvalue weighted by Crippen LogP contribution is 2.49. The Kier molecular flexibility index (Phi) is 9.07. The second-order valence-electron chi connectivity index (χ2n) is 10.5. The molecule has 1 aliphatic heterocycles. The smallest absolute Gasteiger partial charge is 0.361 e. The maximum absolute atomic E-state index is 13.2. The molecule has 2 aromatic rings. The van der Waals surface area contributed by atoms with E-state index in [1.165, 1.54) is 6.33 Å². The number of aromatic nitrogens is 4. The lowest BCUT2D eigenvalue weighted by Gasteiger charge is -2.21. The summed E-state index contributed by atoms with van der Waals surface area (Å²) in [5.41, 5.74) is 6.14. The third kappa shape index (κ3) is 7.92. The molecule has 13 nitrogen and oxygen atoms in total. The lowest BCUT2D eigenvalue weighted by Crippen LogP contribution is -2.24. The van der Waals surface area contributed by atoms with Crippen LogP contribution in [0, 0.1) is 10.8 Å². The van der Waals surface area contributed by atoms with Gasteiger partial charge in [-0.25, -0.2) is 15.0 Å². The van der Waals surface area contributed by atoms with Crippen molar-refractivity contribution in [3.8, 4) is 0 Å². The number of carbonyl (C=O) groups excluding carboxylic acids is 1. The molecule has 202 valence electrons. The number of rotatable bonds is 13. The highest BCUT2D eigenvalue weighted by Gasteiger charge is 2.48. The summed E-state index contributed by atoms with van der Waals surface area (Å²) in [6.45, 7) is 11.1. The summed E-state index contributed by atoms with van der Waals surface area (Å²) in [7, 11) is -3.80. The molecule has 0 bridgehead atoms. The first-order chi connectivity index (χ1) is 16.8. The monoisotopic (exact) mass is 529 g/mol. The van der Waals surface area contributed by atoms with Gasteiger partial charge in [-0.15, -0.1) is 0 Å². The number of nitrogens with zero attached hydrogens (tertiary/aromatic N) is 4. The summed E-state index contributed by atoms with van der Waals surface area (Å²) in [6.07, 6.45) is 2.69. The predicted octanol–water partition coefficient (Wildman–Crippen LogP) is 3.29. The van der Waals surface area contributed by atoms with Gasteiger partial charge in [-0.1, -0.05) is 20.8 Å². The van der Waals surface area contributed by atoms with E-state index in [2.05, 4.69) is 15.0 Å². The van der Waals surface area contributed by atoms with Gasteiger partial charge < -0.3 is 29.2 Å². The van der Waals surface area contributed by atoms with Crippen LogP contribution in [0.3, 0.4) is 0 Å². The fourth-order valence-electron chi connectivity index (χ4n) is 3.08. The van der Waals surface area contributed by atoms with Gasteiger partial charge >= 0.3 is 13.6 Å². The van der Waals surface area contributed by atoms with E-state index >= 15 is 0 Å². The quantitative estimate of drug-likeness (QED) is 0.133. The summed E-state index contributed by atoms with van der Waals surface area (Å²) in [5.74, 6) is -0.187. The average Bonchev–Trinajstić information content (AvgIpc) is 3.45. The van der Waals surface area contributed by atoms with Crippen LogP contribution in [0.25, 0.3) is 11.2 Å². The van der Waals surface area contributed by atoms with Gasteiger partial charge in [-0.05, 0) is 32.6 Å². The standard InChI is InChI=1S/C22H36N5O8P/c1-21(2,3)16-19(35-16)31-12-33-36(29,34-13-32-20(28)22(4,5)6)14-30-9-7-8-27-11-26-15-17(23)24-10-25-18(15)27/h10-11,16,19H,7-9,12-14H2,1-6H3,(H2,23,24,25). The van der Waals surface area contributed by atoms with Gasteiger partial charge in [-0.3, -0.25) is 18.4 Å². The minimum Gasteiger partial charge on any atom is -0.438 e. The molecule has 3 atom stereocenters. The van der Waals surface area contributed by atoms with Crippen molar-refractivity contribution in [1.29, 1.82) is 0 Å². The van der Waals surface area contributed by atoms with Crippen LogP contribution in [0.4, 0.5) is 5.82 Å². The van der Waals surface area contributed by atoms with E-state index in [9.17, 15) is 9.36 Å². The zero-order chi connectivity index (χ0) is 26.6. The highest BCUT2D eigenvalue weighted by atomic mass is 31.2. The van der Waals surface area contributed by atoms with E-state index in [-0.39, 0.29) is 31.3 Å². The Balaban J connectivity index is 1.47. The Bertz CT molecular complexity index is 1080. The van der Waals surface area contributed by atoms with E-state index in [1.807, 2.05) is 25.3 Å². The molecule has 1 fully saturated rings. The van der Waals surface area contributed by atoms with Crippen molar-refractivity contribution in [1.82, 2.24) is 19.5 Å². The molecular formula is C22H36N5O8P. The molecule has 1 saturated heterocycles. The molecule has 36 heavy (non-hydrogen) atoms. The van der Waals surface area contributed by atoms with Crippen molar-refractivity contribution >= 4 is 30.5 Å². The number of epoxide rings is 1. The zero-order valence-electron chi connectivity index (χ0n) is 21.6. The van der Waals surface area contributed by atoms with E-state index in [0.29, 0.717) is 29.9 Å². The minimum atomic E-state index is -3.80. The molecule has 0 amide bonds. The lowest BCUT2D eigenvalue weighted by molar-refractivity contribution is -0.160. The minimum absolute atomic E-state index is 0.0785. The molecule has 0 aromatic carbocycles. The van der Waals surface area contributed by atoms with Crippen molar-refractivity contribution in [3.05, 3.63) is 12.7 Å². The van der Waals surface area contributed by atoms with Gasteiger partial charge in [0.05, 0.1) is 11.7 Å². The molecule has 0 spiro atoms. The number of fused-ring (bicyclic) bond motifs is 1. The largest absolute Gasteiger partial charge is 0.438 e. The number of anilines is 1. The Morgan fingerprint density at radius 1 is 1.14 bits per heavy atom. The summed E-state index contributed by atoms with van der Waals surface area (Å²) in [6, 6.07) is 0. The number of hydrogen-bond acceptors (Lipinski definition) is 12. The number of nitrogens with two attached hydrogens (primary N) is 1. The normalized spacial score (nSPS) is 19.8. The van der Waals surface area contributed by atoms with Gasteiger partial charge in [0, 0.05) is 13.2 Å². The molecule has 0 saturated carbocycles. The van der Waals surface area contributed by atoms with Gasteiger partial charge in [0.25, 0.3) is 0 Å². The molecule has 14 heteroatoms. The third-order valence-corrected chi connectivity index (χ3v) is 6.70. The van der Waals surface area contributed by atoms with Crippen LogP contribution in [0.2, 0.25) is 0 Å². The topological polar surface area (TPSA) is 162 Å². The van der Waals surface area contributed by atoms with Crippen LogP contribution in [0.5, 0.6) is 0 Å². The van der Waals surface area contributed by atoms with Gasteiger partial charge in [0.15, 0.2) is 24.5 Å². The number of nitrogen functional groups attached to an aromatic ring is 1. The van der Waals surface area contributed by atoms with Crippen molar-refractivity contribution in [2.24, 2.45) is 10.8 Å². The third-order valence-electron chi connectivity index (χ3n) is 5.21. The number of hydrogen-bond donors (Lipinski definition) is 1. The molecule has 2 aromatic heterocycles. The fourth-order valence-corrected chi connectivity index (χ4v) is 4.09.